The van der Waals surface area contributed by atoms with Crippen molar-refractivity contribution in [3.05, 3.63) is 71.8 Å². The van der Waals surface area contributed by atoms with Crippen LogP contribution in [0, 0.1) is 19.9 Å². The predicted octanol–water partition coefficient (Wildman–Crippen LogP) is 4.21. The Morgan fingerprint density at radius 1 is 1.11 bits per heavy atom. The van der Waals surface area contributed by atoms with Crippen LogP contribution in [-0.2, 0) is 9.53 Å². The molecule has 0 saturated carbocycles. The summed E-state index contributed by atoms with van der Waals surface area (Å²) in [5.74, 6) is 0.378. The Balaban J connectivity index is 1.84. The lowest BCUT2D eigenvalue weighted by molar-refractivity contribution is -0.137. The van der Waals surface area contributed by atoms with Crippen LogP contribution in [-0.4, -0.2) is 25.2 Å². The van der Waals surface area contributed by atoms with Crippen molar-refractivity contribution in [1.82, 2.24) is 0 Å². The number of hydrogen-bond acceptors (Lipinski definition) is 5. The molecule has 0 unspecified atom stereocenters. The van der Waals surface area contributed by atoms with Crippen molar-refractivity contribution in [2.24, 2.45) is 0 Å². The average Bonchev–Trinajstić information content (AvgIpc) is 2.66. The largest absolute Gasteiger partial charge is 0.494 e. The molecular weight excluding hydrogens is 344 g/mol. The SMILES string of the molecule is C=CC(=O)OCCCCOc1ccc(C(=O)Oc2cc[c]cc2C)c(C)c1. The molecule has 141 valence electrons. The van der Waals surface area contributed by atoms with E-state index < -0.39 is 11.9 Å². The second-order valence-corrected chi connectivity index (χ2v) is 5.99. The van der Waals surface area contributed by atoms with Gasteiger partial charge in [-0.25, -0.2) is 9.59 Å². The van der Waals surface area contributed by atoms with Gasteiger partial charge in [-0.05, 0) is 74.2 Å². The van der Waals surface area contributed by atoms with Crippen LogP contribution < -0.4 is 9.47 Å². The zero-order valence-electron chi connectivity index (χ0n) is 15.6. The molecule has 2 rings (SSSR count). The third-order valence-electron chi connectivity index (χ3n) is 3.86. The third-order valence-corrected chi connectivity index (χ3v) is 3.86. The number of unbranched alkanes of at least 4 members (excludes halogenated alkanes) is 1. The van der Waals surface area contributed by atoms with Gasteiger partial charge in [-0.15, -0.1) is 0 Å². The van der Waals surface area contributed by atoms with E-state index >= 15 is 0 Å². The Hall–Kier alpha value is -3.08. The molecule has 1 radical (unpaired) electrons. The van der Waals surface area contributed by atoms with E-state index in [-0.39, 0.29) is 0 Å². The van der Waals surface area contributed by atoms with Crippen molar-refractivity contribution in [2.45, 2.75) is 26.7 Å². The number of benzene rings is 2. The third kappa shape index (κ3) is 6.29. The topological polar surface area (TPSA) is 61.8 Å². The molecular formula is C22H23O5. The van der Waals surface area contributed by atoms with Gasteiger partial charge in [-0.3, -0.25) is 0 Å². The van der Waals surface area contributed by atoms with Crippen LogP contribution >= 0.6 is 0 Å². The van der Waals surface area contributed by atoms with Crippen LogP contribution in [0.15, 0.2) is 49.1 Å². The number of aryl methyl sites for hydroxylation is 2. The molecule has 5 heteroatoms. The Morgan fingerprint density at radius 2 is 1.89 bits per heavy atom. The van der Waals surface area contributed by atoms with E-state index in [1.54, 1.807) is 36.4 Å². The van der Waals surface area contributed by atoms with Gasteiger partial charge >= 0.3 is 11.9 Å². The van der Waals surface area contributed by atoms with Crippen molar-refractivity contribution in [3.8, 4) is 11.5 Å². The number of esters is 2. The minimum absolute atomic E-state index is 0.342. The lowest BCUT2D eigenvalue weighted by Crippen LogP contribution is -2.11. The van der Waals surface area contributed by atoms with E-state index in [1.807, 2.05) is 13.8 Å². The number of carbonyl (C=O) groups excluding carboxylic acids is 2. The second-order valence-electron chi connectivity index (χ2n) is 5.99. The van der Waals surface area contributed by atoms with E-state index in [4.69, 9.17) is 14.2 Å². The molecule has 0 saturated heterocycles. The summed E-state index contributed by atoms with van der Waals surface area (Å²) in [6.07, 6.45) is 2.60. The highest BCUT2D eigenvalue weighted by Gasteiger charge is 2.13. The molecule has 0 fully saturated rings. The first-order valence-electron chi connectivity index (χ1n) is 8.73. The Morgan fingerprint density at radius 3 is 2.59 bits per heavy atom. The fourth-order valence-electron chi connectivity index (χ4n) is 2.35. The first-order chi connectivity index (χ1) is 13.0. The maximum atomic E-state index is 12.4. The fourth-order valence-corrected chi connectivity index (χ4v) is 2.35. The lowest BCUT2D eigenvalue weighted by atomic mass is 10.1. The summed E-state index contributed by atoms with van der Waals surface area (Å²) in [6.45, 7) is 7.87. The Labute approximate surface area is 159 Å². The Bertz CT molecular complexity index is 810. The van der Waals surface area contributed by atoms with E-state index in [0.717, 1.165) is 23.6 Å². The molecule has 0 aliphatic heterocycles. The summed E-state index contributed by atoms with van der Waals surface area (Å²) in [5.41, 5.74) is 2.12. The molecule has 0 bridgehead atoms. The summed E-state index contributed by atoms with van der Waals surface area (Å²) < 4.78 is 16.0. The molecule has 0 heterocycles. The van der Waals surface area contributed by atoms with Crippen molar-refractivity contribution in [3.63, 3.8) is 0 Å². The van der Waals surface area contributed by atoms with Gasteiger partial charge in [0.1, 0.15) is 11.5 Å². The molecule has 0 amide bonds. The van der Waals surface area contributed by atoms with E-state index in [0.29, 0.717) is 36.7 Å². The smallest absolute Gasteiger partial charge is 0.343 e. The van der Waals surface area contributed by atoms with Gasteiger partial charge in [-0.1, -0.05) is 12.6 Å². The average molecular weight is 367 g/mol. The number of ether oxygens (including phenoxy) is 3. The minimum atomic E-state index is -0.419. The van der Waals surface area contributed by atoms with Gasteiger partial charge in [0, 0.05) is 6.08 Å². The molecule has 0 aliphatic rings. The van der Waals surface area contributed by atoms with E-state index in [9.17, 15) is 9.59 Å². The minimum Gasteiger partial charge on any atom is -0.494 e. The molecule has 27 heavy (non-hydrogen) atoms. The van der Waals surface area contributed by atoms with Crippen LogP contribution in [0.4, 0.5) is 0 Å². The molecule has 2 aromatic carbocycles. The van der Waals surface area contributed by atoms with E-state index in [2.05, 4.69) is 12.6 Å². The maximum absolute atomic E-state index is 12.4. The second kappa shape index (κ2) is 10.2. The molecule has 0 N–H and O–H groups in total. The van der Waals surface area contributed by atoms with Crippen molar-refractivity contribution in [2.75, 3.05) is 13.2 Å². The van der Waals surface area contributed by atoms with Crippen molar-refractivity contribution >= 4 is 11.9 Å². The monoisotopic (exact) mass is 367 g/mol. The first kappa shape index (κ1) is 20.2. The molecule has 5 nitrogen and oxygen atoms in total. The van der Waals surface area contributed by atoms with Gasteiger partial charge in [0.05, 0.1) is 18.8 Å². The number of rotatable bonds is 9. The number of carbonyl (C=O) groups is 2. The summed E-state index contributed by atoms with van der Waals surface area (Å²) in [4.78, 5) is 23.3. The van der Waals surface area contributed by atoms with Crippen LogP contribution in [0.5, 0.6) is 11.5 Å². The molecule has 0 atom stereocenters. The summed E-state index contributed by atoms with van der Waals surface area (Å²) >= 11 is 0. The highest BCUT2D eigenvalue weighted by molar-refractivity contribution is 5.92. The zero-order valence-corrected chi connectivity index (χ0v) is 15.6. The lowest BCUT2D eigenvalue weighted by Gasteiger charge is -2.11. The van der Waals surface area contributed by atoms with E-state index in [1.165, 1.54) is 0 Å². The van der Waals surface area contributed by atoms with Gasteiger partial charge in [0.2, 0.25) is 0 Å². The van der Waals surface area contributed by atoms with Gasteiger partial charge in [0.25, 0.3) is 0 Å². The normalized spacial score (nSPS) is 10.1. The quantitative estimate of drug-likeness (QED) is 0.287. The zero-order chi connectivity index (χ0) is 19.6. The van der Waals surface area contributed by atoms with Gasteiger partial charge in [0.15, 0.2) is 0 Å². The van der Waals surface area contributed by atoms with Crippen LogP contribution in [0.3, 0.4) is 0 Å². The van der Waals surface area contributed by atoms with Gasteiger partial charge < -0.3 is 14.2 Å². The maximum Gasteiger partial charge on any atom is 0.343 e. The summed E-state index contributed by atoms with van der Waals surface area (Å²) in [6, 6.07) is 13.4. The fraction of sp³-hybridized carbons (Fsp3) is 0.273. The molecule has 0 aromatic heterocycles. The first-order valence-corrected chi connectivity index (χ1v) is 8.73. The van der Waals surface area contributed by atoms with Crippen molar-refractivity contribution in [1.29, 1.82) is 0 Å². The van der Waals surface area contributed by atoms with Gasteiger partial charge in [-0.2, -0.15) is 0 Å². The Kier molecular flexibility index (Phi) is 7.62. The highest BCUT2D eigenvalue weighted by atomic mass is 16.5. The molecule has 0 spiro atoms. The molecule has 0 aliphatic carbocycles. The summed E-state index contributed by atoms with van der Waals surface area (Å²) in [5, 5.41) is 0. The van der Waals surface area contributed by atoms with Crippen LogP contribution in [0.2, 0.25) is 0 Å². The van der Waals surface area contributed by atoms with Crippen molar-refractivity contribution < 1.29 is 23.8 Å². The molecule has 2 aromatic rings. The summed E-state index contributed by atoms with van der Waals surface area (Å²) in [7, 11) is 0. The standard InChI is InChI=1S/C22H23O5/c1-4-21(23)26-14-8-7-13-25-18-11-12-19(17(3)15-18)22(24)27-20-10-6-5-9-16(20)2/h4,6,9-12,15H,1,7-8,13-14H2,2-3H3. The predicted molar refractivity (Wildman–Crippen MR) is 102 cm³/mol. The van der Waals surface area contributed by atoms with Crippen LogP contribution in [0.25, 0.3) is 0 Å². The highest BCUT2D eigenvalue weighted by Crippen LogP contribution is 2.21. The number of hydrogen-bond donors (Lipinski definition) is 0. The van der Waals surface area contributed by atoms with Crippen LogP contribution in [0.1, 0.15) is 34.3 Å².